The number of rotatable bonds is 4. The Morgan fingerprint density at radius 2 is 1.50 bits per heavy atom. The van der Waals surface area contributed by atoms with Crippen molar-refractivity contribution >= 4 is 11.9 Å². The predicted molar refractivity (Wildman–Crippen MR) is 100.0 cm³/mol. The molecule has 0 aromatic heterocycles. The van der Waals surface area contributed by atoms with Crippen LogP contribution < -0.4 is 4.74 Å². The van der Waals surface area contributed by atoms with Crippen molar-refractivity contribution < 1.29 is 19.1 Å². The van der Waals surface area contributed by atoms with Crippen LogP contribution in [-0.4, -0.2) is 18.0 Å². The molecule has 0 saturated heterocycles. The van der Waals surface area contributed by atoms with Gasteiger partial charge in [-0.25, -0.2) is 0 Å². The van der Waals surface area contributed by atoms with Gasteiger partial charge in [-0.05, 0) is 68.1 Å². The first-order valence-electron chi connectivity index (χ1n) is 10.00. The Kier molecular flexibility index (Phi) is 6.33. The summed E-state index contributed by atoms with van der Waals surface area (Å²) in [5, 5.41) is 0. The molecule has 1 aromatic rings. The maximum atomic E-state index is 12.4. The molecule has 4 nitrogen and oxygen atoms in total. The maximum absolute atomic E-state index is 12.4. The van der Waals surface area contributed by atoms with Crippen molar-refractivity contribution in [3.8, 4) is 5.75 Å². The van der Waals surface area contributed by atoms with Crippen molar-refractivity contribution in [2.75, 3.05) is 0 Å². The van der Waals surface area contributed by atoms with E-state index in [2.05, 4.69) is 19.1 Å². The van der Waals surface area contributed by atoms with Crippen LogP contribution in [0.2, 0.25) is 0 Å². The van der Waals surface area contributed by atoms with Crippen molar-refractivity contribution in [2.45, 2.75) is 77.2 Å². The third-order valence-electron chi connectivity index (χ3n) is 5.93. The van der Waals surface area contributed by atoms with Crippen molar-refractivity contribution in [2.24, 2.45) is 11.8 Å². The van der Waals surface area contributed by atoms with E-state index in [-0.39, 0.29) is 24.0 Å². The zero-order valence-electron chi connectivity index (χ0n) is 15.9. The Labute approximate surface area is 156 Å². The normalized spacial score (nSPS) is 29.0. The molecule has 0 aliphatic heterocycles. The van der Waals surface area contributed by atoms with Crippen LogP contribution in [0.15, 0.2) is 24.3 Å². The predicted octanol–water partition coefficient (Wildman–Crippen LogP) is 5.01. The van der Waals surface area contributed by atoms with E-state index in [4.69, 9.17) is 9.47 Å². The average Bonchev–Trinajstić information content (AvgIpc) is 2.63. The molecule has 3 rings (SSSR count). The highest BCUT2D eigenvalue weighted by atomic mass is 16.5. The lowest BCUT2D eigenvalue weighted by Gasteiger charge is -2.27. The van der Waals surface area contributed by atoms with Crippen LogP contribution in [0.5, 0.6) is 5.75 Å². The Morgan fingerprint density at radius 3 is 2.08 bits per heavy atom. The molecule has 26 heavy (non-hydrogen) atoms. The summed E-state index contributed by atoms with van der Waals surface area (Å²) >= 11 is 0. The van der Waals surface area contributed by atoms with E-state index in [9.17, 15) is 9.59 Å². The fourth-order valence-electron chi connectivity index (χ4n) is 4.25. The van der Waals surface area contributed by atoms with Crippen molar-refractivity contribution in [3.05, 3.63) is 29.8 Å². The van der Waals surface area contributed by atoms with Crippen LogP contribution in [0, 0.1) is 11.8 Å². The molecule has 2 saturated carbocycles. The van der Waals surface area contributed by atoms with Crippen molar-refractivity contribution in [1.29, 1.82) is 0 Å². The monoisotopic (exact) mass is 358 g/mol. The molecule has 0 amide bonds. The Bertz CT molecular complexity index is 606. The topological polar surface area (TPSA) is 52.6 Å². The van der Waals surface area contributed by atoms with Gasteiger partial charge >= 0.3 is 11.9 Å². The second-order valence-corrected chi connectivity index (χ2v) is 8.03. The zero-order chi connectivity index (χ0) is 18.5. The van der Waals surface area contributed by atoms with E-state index in [0.29, 0.717) is 11.7 Å². The number of carbonyl (C=O) groups is 2. The maximum Gasteiger partial charge on any atom is 0.314 e. The molecule has 0 bridgehead atoms. The molecule has 0 unspecified atom stereocenters. The SMILES string of the molecule is CC(=O)OC1CCC(C(=O)Oc2ccc(C3CCC(C)CC3)cc2)CC1. The van der Waals surface area contributed by atoms with E-state index < -0.39 is 0 Å². The molecule has 2 aliphatic carbocycles. The van der Waals surface area contributed by atoms with E-state index in [1.165, 1.54) is 38.2 Å². The standard InChI is InChI=1S/C22H30O4/c1-15-3-5-17(6-4-15)18-7-11-21(12-8-18)26-22(24)19-9-13-20(14-10-19)25-16(2)23/h7-8,11-12,15,17,19-20H,3-6,9-10,13-14H2,1-2H3. The number of hydrogen-bond donors (Lipinski definition) is 0. The summed E-state index contributed by atoms with van der Waals surface area (Å²) in [4.78, 5) is 23.4. The second kappa shape index (κ2) is 8.70. The highest BCUT2D eigenvalue weighted by molar-refractivity contribution is 5.75. The number of ether oxygens (including phenoxy) is 2. The smallest absolute Gasteiger partial charge is 0.314 e. The van der Waals surface area contributed by atoms with E-state index in [1.54, 1.807) is 0 Å². The van der Waals surface area contributed by atoms with Crippen LogP contribution in [0.25, 0.3) is 0 Å². The highest BCUT2D eigenvalue weighted by Gasteiger charge is 2.29. The lowest BCUT2D eigenvalue weighted by molar-refractivity contribution is -0.149. The summed E-state index contributed by atoms with van der Waals surface area (Å²) < 4.78 is 10.8. The molecule has 2 fully saturated rings. The van der Waals surface area contributed by atoms with Gasteiger partial charge in [0.05, 0.1) is 5.92 Å². The van der Waals surface area contributed by atoms with Gasteiger partial charge in [-0.2, -0.15) is 0 Å². The zero-order valence-corrected chi connectivity index (χ0v) is 15.9. The fraction of sp³-hybridized carbons (Fsp3) is 0.636. The number of benzene rings is 1. The highest BCUT2D eigenvalue weighted by Crippen LogP contribution is 2.36. The van der Waals surface area contributed by atoms with Crippen LogP contribution in [0.1, 0.15) is 76.7 Å². The van der Waals surface area contributed by atoms with Gasteiger partial charge in [0.1, 0.15) is 11.9 Å². The van der Waals surface area contributed by atoms with Gasteiger partial charge in [-0.1, -0.05) is 31.9 Å². The lowest BCUT2D eigenvalue weighted by atomic mass is 9.79. The lowest BCUT2D eigenvalue weighted by Crippen LogP contribution is -2.29. The number of hydrogen-bond acceptors (Lipinski definition) is 4. The Hall–Kier alpha value is -1.84. The van der Waals surface area contributed by atoms with Gasteiger partial charge in [-0.15, -0.1) is 0 Å². The van der Waals surface area contributed by atoms with Crippen LogP contribution >= 0.6 is 0 Å². The van der Waals surface area contributed by atoms with Gasteiger partial charge in [0.25, 0.3) is 0 Å². The van der Waals surface area contributed by atoms with Gasteiger partial charge in [0, 0.05) is 6.92 Å². The summed E-state index contributed by atoms with van der Waals surface area (Å²) in [5.41, 5.74) is 1.36. The molecular formula is C22H30O4. The first kappa shape index (κ1) is 18.9. The van der Waals surface area contributed by atoms with Crippen molar-refractivity contribution in [3.63, 3.8) is 0 Å². The second-order valence-electron chi connectivity index (χ2n) is 8.03. The summed E-state index contributed by atoms with van der Waals surface area (Å²) in [6, 6.07) is 8.08. The van der Waals surface area contributed by atoms with Gasteiger partial charge < -0.3 is 9.47 Å². The first-order chi connectivity index (χ1) is 12.5. The molecule has 1 aromatic carbocycles. The van der Waals surface area contributed by atoms with Crippen LogP contribution in [-0.2, 0) is 14.3 Å². The average molecular weight is 358 g/mol. The van der Waals surface area contributed by atoms with Gasteiger partial charge in [0.15, 0.2) is 0 Å². The third-order valence-corrected chi connectivity index (χ3v) is 5.93. The molecule has 142 valence electrons. The molecule has 0 heterocycles. The summed E-state index contributed by atoms with van der Waals surface area (Å²) in [5.74, 6) is 1.62. The molecule has 0 radical (unpaired) electrons. The van der Waals surface area contributed by atoms with E-state index in [0.717, 1.165) is 31.6 Å². The van der Waals surface area contributed by atoms with E-state index >= 15 is 0 Å². The summed E-state index contributed by atoms with van der Waals surface area (Å²) in [6.07, 6.45) is 7.97. The minimum Gasteiger partial charge on any atom is -0.463 e. The van der Waals surface area contributed by atoms with Crippen LogP contribution in [0.3, 0.4) is 0 Å². The quantitative estimate of drug-likeness (QED) is 0.561. The number of esters is 2. The van der Waals surface area contributed by atoms with Crippen LogP contribution in [0.4, 0.5) is 0 Å². The minimum atomic E-state index is -0.247. The minimum absolute atomic E-state index is 0.0472. The van der Waals surface area contributed by atoms with Crippen molar-refractivity contribution in [1.82, 2.24) is 0 Å². The molecular weight excluding hydrogens is 328 g/mol. The largest absolute Gasteiger partial charge is 0.463 e. The molecule has 0 N–H and O–H groups in total. The molecule has 4 heteroatoms. The molecule has 2 aliphatic rings. The molecule has 0 atom stereocenters. The number of carbonyl (C=O) groups excluding carboxylic acids is 2. The Balaban J connectivity index is 1.48. The van der Waals surface area contributed by atoms with Gasteiger partial charge in [-0.3, -0.25) is 9.59 Å². The molecule has 0 spiro atoms. The Morgan fingerprint density at radius 1 is 0.885 bits per heavy atom. The first-order valence-corrected chi connectivity index (χ1v) is 10.00. The fourth-order valence-corrected chi connectivity index (χ4v) is 4.25. The van der Waals surface area contributed by atoms with Gasteiger partial charge in [0.2, 0.25) is 0 Å². The summed E-state index contributed by atoms with van der Waals surface area (Å²) in [6.45, 7) is 3.76. The summed E-state index contributed by atoms with van der Waals surface area (Å²) in [7, 11) is 0. The third kappa shape index (κ3) is 5.09. The van der Waals surface area contributed by atoms with E-state index in [1.807, 2.05) is 12.1 Å².